The van der Waals surface area contributed by atoms with Gasteiger partial charge in [-0.1, -0.05) is 88.2 Å². The summed E-state index contributed by atoms with van der Waals surface area (Å²) in [4.78, 5) is 33.4. The van der Waals surface area contributed by atoms with Gasteiger partial charge in [0.05, 0.1) is 5.56 Å². The Bertz CT molecular complexity index is 573. The third-order valence-electron chi connectivity index (χ3n) is 3.99. The summed E-state index contributed by atoms with van der Waals surface area (Å²) in [5.74, 6) is -1.45. The van der Waals surface area contributed by atoms with Crippen LogP contribution in [0, 0.1) is 0 Å². The van der Waals surface area contributed by atoms with Gasteiger partial charge in [0.2, 0.25) is 6.29 Å². The number of hydrogen-bond acceptors (Lipinski definition) is 5. The molecule has 150 valence electrons. The lowest BCUT2D eigenvalue weighted by Crippen LogP contribution is -2.23. The summed E-state index contributed by atoms with van der Waals surface area (Å²) in [6.45, 7) is 5.52. The zero-order chi connectivity index (χ0) is 19.9. The zero-order valence-corrected chi connectivity index (χ0v) is 16.7. The fourth-order valence-electron chi connectivity index (χ4n) is 2.47. The van der Waals surface area contributed by atoms with Crippen LogP contribution in [-0.4, -0.2) is 18.2 Å². The molecule has 1 rings (SSSR count). The summed E-state index contributed by atoms with van der Waals surface area (Å²) >= 11 is 5.54. The van der Waals surface area contributed by atoms with E-state index in [-0.39, 0.29) is 5.03 Å². The van der Waals surface area contributed by atoms with Crippen LogP contribution < -0.4 is 0 Å². The molecule has 1 aromatic carbocycles. The molecule has 0 aromatic heterocycles. The lowest BCUT2D eigenvalue weighted by atomic mass is 10.1. The molecule has 0 saturated carbocycles. The highest BCUT2D eigenvalue weighted by molar-refractivity contribution is 6.40. The summed E-state index contributed by atoms with van der Waals surface area (Å²) in [5.41, 5.74) is 0.344. The van der Waals surface area contributed by atoms with Crippen LogP contribution in [0.1, 0.15) is 75.1 Å². The Morgan fingerprint density at radius 2 is 1.59 bits per heavy atom. The van der Waals surface area contributed by atoms with Gasteiger partial charge in [0.25, 0.3) is 0 Å². The number of carbonyl (C=O) groups is 2. The third-order valence-corrected chi connectivity index (χ3v) is 4.15. The lowest BCUT2D eigenvalue weighted by molar-refractivity contribution is -0.331. The smallest absolute Gasteiger partial charge is 0.373 e. The molecule has 0 aliphatic rings. The zero-order valence-electron chi connectivity index (χ0n) is 16.0. The number of unbranched alkanes of at least 4 members (excludes halogenated alkanes) is 7. The van der Waals surface area contributed by atoms with Crippen LogP contribution in [0.3, 0.4) is 0 Å². The molecule has 0 bridgehead atoms. The van der Waals surface area contributed by atoms with Gasteiger partial charge < -0.3 is 4.74 Å². The van der Waals surface area contributed by atoms with Crippen molar-refractivity contribution >= 4 is 23.5 Å². The number of ether oxygens (including phenoxy) is 1. The van der Waals surface area contributed by atoms with Gasteiger partial charge in [-0.05, 0) is 18.6 Å². The molecule has 0 heterocycles. The topological polar surface area (TPSA) is 61.8 Å². The first-order valence-corrected chi connectivity index (χ1v) is 9.90. The minimum absolute atomic E-state index is 0.256. The summed E-state index contributed by atoms with van der Waals surface area (Å²) in [7, 11) is 0. The third kappa shape index (κ3) is 10.8. The second kappa shape index (κ2) is 14.2. The Labute approximate surface area is 166 Å². The van der Waals surface area contributed by atoms with Crippen molar-refractivity contribution in [3.8, 4) is 0 Å². The number of hydrogen-bond donors (Lipinski definition) is 0. The first kappa shape index (κ1) is 23.2. The van der Waals surface area contributed by atoms with Crippen molar-refractivity contribution in [1.82, 2.24) is 0 Å². The van der Waals surface area contributed by atoms with Crippen LogP contribution in [0.25, 0.3) is 0 Å². The standard InChI is InChI=1S/C21H29ClO5/c1-3-4-5-6-7-8-9-13-16-19(25-20(23)17(2)22)26-27-21(24)18-14-11-10-12-15-18/h10-12,14-15,19H,2-9,13,16H2,1H3. The van der Waals surface area contributed by atoms with Gasteiger partial charge in [-0.25, -0.2) is 9.59 Å². The molecule has 1 unspecified atom stereocenters. The van der Waals surface area contributed by atoms with Crippen molar-refractivity contribution in [1.29, 1.82) is 0 Å². The van der Waals surface area contributed by atoms with Crippen molar-refractivity contribution in [3.05, 3.63) is 47.5 Å². The van der Waals surface area contributed by atoms with E-state index >= 15 is 0 Å². The Balaban J connectivity index is 2.37. The monoisotopic (exact) mass is 396 g/mol. The van der Waals surface area contributed by atoms with Gasteiger partial charge in [-0.15, -0.1) is 4.89 Å². The van der Waals surface area contributed by atoms with E-state index in [4.69, 9.17) is 26.1 Å². The molecule has 0 saturated heterocycles. The van der Waals surface area contributed by atoms with E-state index in [1.807, 2.05) is 0 Å². The molecule has 0 amide bonds. The second-order valence-electron chi connectivity index (χ2n) is 6.34. The Kier molecular flexibility index (Phi) is 12.2. The molecule has 0 radical (unpaired) electrons. The maximum atomic E-state index is 11.9. The second-order valence-corrected chi connectivity index (χ2v) is 6.79. The van der Waals surface area contributed by atoms with Crippen LogP contribution in [0.2, 0.25) is 0 Å². The highest BCUT2D eigenvalue weighted by Gasteiger charge is 2.20. The summed E-state index contributed by atoms with van der Waals surface area (Å²) in [5, 5.41) is -0.256. The normalized spacial score (nSPS) is 11.6. The minimum Gasteiger partial charge on any atom is -0.428 e. The summed E-state index contributed by atoms with van der Waals surface area (Å²) in [6.07, 6.45) is 8.48. The summed E-state index contributed by atoms with van der Waals surface area (Å²) < 4.78 is 5.09. The molecule has 0 fully saturated rings. The first-order valence-electron chi connectivity index (χ1n) is 9.52. The molecule has 1 atom stereocenters. The highest BCUT2D eigenvalue weighted by Crippen LogP contribution is 2.15. The van der Waals surface area contributed by atoms with Gasteiger partial charge >= 0.3 is 11.9 Å². The van der Waals surface area contributed by atoms with Crippen LogP contribution in [-0.2, 0) is 19.3 Å². The molecule has 27 heavy (non-hydrogen) atoms. The van der Waals surface area contributed by atoms with E-state index in [1.54, 1.807) is 30.3 Å². The fourth-order valence-corrected chi connectivity index (χ4v) is 2.52. The largest absolute Gasteiger partial charge is 0.428 e. The molecular weight excluding hydrogens is 368 g/mol. The average Bonchev–Trinajstić information content (AvgIpc) is 2.68. The SMILES string of the molecule is C=C(Cl)C(=O)OC(CCCCCCCCCC)OOC(=O)c1ccccc1. The minimum atomic E-state index is -1.01. The van der Waals surface area contributed by atoms with Gasteiger partial charge in [0.1, 0.15) is 5.03 Å². The van der Waals surface area contributed by atoms with E-state index in [9.17, 15) is 9.59 Å². The maximum absolute atomic E-state index is 11.9. The molecular formula is C21H29ClO5. The number of halogens is 1. The number of benzene rings is 1. The van der Waals surface area contributed by atoms with E-state index < -0.39 is 18.2 Å². The Morgan fingerprint density at radius 1 is 1.00 bits per heavy atom. The average molecular weight is 397 g/mol. The first-order chi connectivity index (χ1) is 13.0. The van der Waals surface area contributed by atoms with Gasteiger partial charge in [-0.2, -0.15) is 0 Å². The molecule has 0 aliphatic carbocycles. The van der Waals surface area contributed by atoms with Crippen molar-refractivity contribution in [3.63, 3.8) is 0 Å². The van der Waals surface area contributed by atoms with Crippen LogP contribution in [0.5, 0.6) is 0 Å². The Hall–Kier alpha value is -1.85. The molecule has 1 aromatic rings. The van der Waals surface area contributed by atoms with Crippen LogP contribution >= 0.6 is 11.6 Å². The van der Waals surface area contributed by atoms with Gasteiger partial charge in [-0.3, -0.25) is 4.89 Å². The van der Waals surface area contributed by atoms with Crippen molar-refractivity contribution < 1.29 is 24.1 Å². The molecule has 0 N–H and O–H groups in total. The highest BCUT2D eigenvalue weighted by atomic mass is 35.5. The van der Waals surface area contributed by atoms with E-state index in [0.29, 0.717) is 12.0 Å². The lowest BCUT2D eigenvalue weighted by Gasteiger charge is -2.16. The Morgan fingerprint density at radius 3 is 2.19 bits per heavy atom. The van der Waals surface area contributed by atoms with Crippen molar-refractivity contribution in [2.75, 3.05) is 0 Å². The van der Waals surface area contributed by atoms with Gasteiger partial charge in [0.15, 0.2) is 0 Å². The van der Waals surface area contributed by atoms with Gasteiger partial charge in [0, 0.05) is 6.42 Å². The van der Waals surface area contributed by atoms with E-state index in [1.165, 1.54) is 32.1 Å². The van der Waals surface area contributed by atoms with Crippen molar-refractivity contribution in [2.24, 2.45) is 0 Å². The molecule has 6 heteroatoms. The van der Waals surface area contributed by atoms with Crippen molar-refractivity contribution in [2.45, 2.75) is 71.0 Å². The fraction of sp³-hybridized carbons (Fsp3) is 0.524. The van der Waals surface area contributed by atoms with Crippen LogP contribution in [0.4, 0.5) is 0 Å². The number of rotatable bonds is 14. The number of esters is 1. The molecule has 0 aliphatic heterocycles. The predicted molar refractivity (Wildman–Crippen MR) is 105 cm³/mol. The maximum Gasteiger partial charge on any atom is 0.373 e. The predicted octanol–water partition coefficient (Wildman–Crippen LogP) is 5.93. The van der Waals surface area contributed by atoms with E-state index in [2.05, 4.69) is 13.5 Å². The molecule has 5 nitrogen and oxygen atoms in total. The quantitative estimate of drug-likeness (QED) is 0.0973. The van der Waals surface area contributed by atoms with Crippen LogP contribution in [0.15, 0.2) is 41.9 Å². The molecule has 0 spiro atoms. The van der Waals surface area contributed by atoms with E-state index in [0.717, 1.165) is 19.3 Å². The number of carbonyl (C=O) groups excluding carboxylic acids is 2. The summed E-state index contributed by atoms with van der Waals surface area (Å²) in [6, 6.07) is 8.42.